The number of esters is 1. The number of anilines is 1. The van der Waals surface area contributed by atoms with Crippen LogP contribution in [-0.4, -0.2) is 29.0 Å². The Kier molecular flexibility index (Phi) is 6.50. The third-order valence-corrected chi connectivity index (χ3v) is 5.63. The summed E-state index contributed by atoms with van der Waals surface area (Å²) in [5.74, 6) is -0.762. The van der Waals surface area contributed by atoms with Gasteiger partial charge in [0.05, 0.1) is 5.75 Å². The van der Waals surface area contributed by atoms with Gasteiger partial charge in [0.25, 0.3) is 0 Å². The fourth-order valence-corrected chi connectivity index (χ4v) is 3.69. The second kappa shape index (κ2) is 9.04. The van der Waals surface area contributed by atoms with Gasteiger partial charge >= 0.3 is 5.97 Å². The molecule has 0 bridgehead atoms. The van der Waals surface area contributed by atoms with Crippen LogP contribution in [0.1, 0.15) is 24.5 Å². The van der Waals surface area contributed by atoms with Gasteiger partial charge in [0, 0.05) is 12.1 Å². The van der Waals surface area contributed by atoms with Crippen molar-refractivity contribution in [1.82, 2.24) is 0 Å². The summed E-state index contributed by atoms with van der Waals surface area (Å²) in [5, 5.41) is 2.25. The van der Waals surface area contributed by atoms with Crippen LogP contribution in [0.3, 0.4) is 0 Å². The van der Waals surface area contributed by atoms with Crippen LogP contribution in [-0.2, 0) is 27.2 Å². The lowest BCUT2D eigenvalue weighted by atomic mass is 9.90. The topological polar surface area (TPSA) is 55.4 Å². The number of hydrogen-bond donors (Lipinski definition) is 1. The van der Waals surface area contributed by atoms with E-state index < -0.39 is 5.25 Å². The fourth-order valence-electron chi connectivity index (χ4n) is 3.02. The highest BCUT2D eigenvalue weighted by molar-refractivity contribution is 8.01. The van der Waals surface area contributed by atoms with Crippen LogP contribution in [0.25, 0.3) is 0 Å². The Hall–Kier alpha value is -2.34. The second-order valence-electron chi connectivity index (χ2n) is 6.58. The molecule has 27 heavy (non-hydrogen) atoms. The van der Waals surface area contributed by atoms with E-state index >= 15 is 0 Å². The third-order valence-electron chi connectivity index (χ3n) is 4.51. The van der Waals surface area contributed by atoms with E-state index in [0.29, 0.717) is 5.69 Å². The molecule has 0 radical (unpaired) electrons. The molecule has 2 atom stereocenters. The number of halogens is 1. The molecule has 1 aliphatic carbocycles. The quantitative estimate of drug-likeness (QED) is 0.762. The van der Waals surface area contributed by atoms with Crippen molar-refractivity contribution in [1.29, 1.82) is 0 Å². The number of thioether (sulfide) groups is 1. The summed E-state index contributed by atoms with van der Waals surface area (Å²) in [7, 11) is 0. The molecule has 1 amide bonds. The average molecular weight is 387 g/mol. The van der Waals surface area contributed by atoms with E-state index in [1.807, 2.05) is 12.1 Å². The van der Waals surface area contributed by atoms with E-state index in [1.165, 1.54) is 47.2 Å². The first kappa shape index (κ1) is 19.4. The van der Waals surface area contributed by atoms with Gasteiger partial charge in [0.1, 0.15) is 17.2 Å². The predicted molar refractivity (Wildman–Crippen MR) is 105 cm³/mol. The van der Waals surface area contributed by atoms with Crippen molar-refractivity contribution in [3.63, 3.8) is 0 Å². The summed E-state index contributed by atoms with van der Waals surface area (Å²) >= 11 is 1.23. The molecule has 0 heterocycles. The smallest absolute Gasteiger partial charge is 0.319 e. The lowest BCUT2D eigenvalue weighted by Crippen LogP contribution is -2.29. The highest BCUT2D eigenvalue weighted by Crippen LogP contribution is 2.24. The molecule has 142 valence electrons. The molecule has 2 unspecified atom stereocenters. The minimum atomic E-state index is -0.430. The Labute approximate surface area is 162 Å². The molecule has 0 aliphatic heterocycles. The molecule has 0 saturated carbocycles. The van der Waals surface area contributed by atoms with Gasteiger partial charge in [0.15, 0.2) is 0 Å². The summed E-state index contributed by atoms with van der Waals surface area (Å²) in [5.41, 5.74) is 3.09. The first-order chi connectivity index (χ1) is 13.0. The molecule has 0 saturated heterocycles. The van der Waals surface area contributed by atoms with Crippen LogP contribution in [0.15, 0.2) is 48.5 Å². The van der Waals surface area contributed by atoms with Gasteiger partial charge in [-0.1, -0.05) is 24.3 Å². The van der Waals surface area contributed by atoms with E-state index in [4.69, 9.17) is 4.74 Å². The molecule has 4 nitrogen and oxygen atoms in total. The third kappa shape index (κ3) is 5.57. The number of hydrogen-bond acceptors (Lipinski definition) is 4. The van der Waals surface area contributed by atoms with Crippen LogP contribution in [0.2, 0.25) is 0 Å². The van der Waals surface area contributed by atoms with E-state index in [9.17, 15) is 14.0 Å². The standard InChI is InChI=1S/C21H22FNO3S/c1-14(27-13-20(24)23-18-9-7-17(22)8-10-18)21(25)26-19-11-6-15-4-2-3-5-16(15)12-19/h2-5,7-10,14,19H,6,11-13H2,1H3,(H,23,24). The van der Waals surface area contributed by atoms with Gasteiger partial charge in [-0.3, -0.25) is 9.59 Å². The van der Waals surface area contributed by atoms with Crippen molar-refractivity contribution >= 4 is 29.3 Å². The molecule has 3 rings (SSSR count). The molecular weight excluding hydrogens is 365 g/mol. The van der Waals surface area contributed by atoms with Crippen LogP contribution in [0.4, 0.5) is 10.1 Å². The normalized spacial score (nSPS) is 16.9. The largest absolute Gasteiger partial charge is 0.461 e. The van der Waals surface area contributed by atoms with Gasteiger partial charge < -0.3 is 10.1 Å². The summed E-state index contributed by atoms with van der Waals surface area (Å²) in [4.78, 5) is 24.3. The Balaban J connectivity index is 1.42. The van der Waals surface area contributed by atoms with Gasteiger partial charge in [-0.2, -0.15) is 0 Å². The lowest BCUT2D eigenvalue weighted by molar-refractivity contribution is -0.148. The lowest BCUT2D eigenvalue weighted by Gasteiger charge is -2.25. The van der Waals surface area contributed by atoms with Crippen molar-refractivity contribution < 1.29 is 18.7 Å². The van der Waals surface area contributed by atoms with Crippen LogP contribution >= 0.6 is 11.8 Å². The molecule has 1 N–H and O–H groups in total. The minimum absolute atomic E-state index is 0.108. The zero-order valence-electron chi connectivity index (χ0n) is 15.1. The van der Waals surface area contributed by atoms with Crippen LogP contribution < -0.4 is 5.32 Å². The predicted octanol–water partition coefficient (Wildman–Crippen LogP) is 3.99. The molecule has 2 aromatic carbocycles. The Morgan fingerprint density at radius 2 is 1.89 bits per heavy atom. The maximum Gasteiger partial charge on any atom is 0.319 e. The minimum Gasteiger partial charge on any atom is -0.461 e. The Bertz CT molecular complexity index is 809. The zero-order valence-corrected chi connectivity index (χ0v) is 15.9. The van der Waals surface area contributed by atoms with Crippen molar-refractivity contribution in [3.8, 4) is 0 Å². The van der Waals surface area contributed by atoms with E-state index in [-0.39, 0.29) is 29.6 Å². The van der Waals surface area contributed by atoms with Gasteiger partial charge in [-0.15, -0.1) is 11.8 Å². The highest BCUT2D eigenvalue weighted by atomic mass is 32.2. The summed E-state index contributed by atoms with van der Waals surface area (Å²) in [6.45, 7) is 1.74. The van der Waals surface area contributed by atoms with Gasteiger partial charge in [-0.25, -0.2) is 4.39 Å². The first-order valence-electron chi connectivity index (χ1n) is 8.95. The number of carbonyl (C=O) groups is 2. The fraction of sp³-hybridized carbons (Fsp3) is 0.333. The Morgan fingerprint density at radius 1 is 1.19 bits per heavy atom. The molecule has 0 aromatic heterocycles. The second-order valence-corrected chi connectivity index (χ2v) is 7.91. The average Bonchev–Trinajstić information content (AvgIpc) is 2.67. The maximum atomic E-state index is 12.9. The molecular formula is C21H22FNO3S. The molecule has 0 spiro atoms. The number of amides is 1. The number of carbonyl (C=O) groups excluding carboxylic acids is 2. The summed E-state index contributed by atoms with van der Waals surface area (Å²) in [6, 6.07) is 13.8. The van der Waals surface area contributed by atoms with Gasteiger partial charge in [0.2, 0.25) is 5.91 Å². The molecule has 2 aromatic rings. The van der Waals surface area contributed by atoms with Crippen molar-refractivity contribution in [2.24, 2.45) is 0 Å². The zero-order chi connectivity index (χ0) is 19.2. The van der Waals surface area contributed by atoms with Crippen LogP contribution in [0, 0.1) is 5.82 Å². The number of aryl methyl sites for hydroxylation is 1. The van der Waals surface area contributed by atoms with Gasteiger partial charge in [-0.05, 0) is 55.2 Å². The van der Waals surface area contributed by atoms with Crippen molar-refractivity contribution in [2.45, 2.75) is 37.5 Å². The Morgan fingerprint density at radius 3 is 2.63 bits per heavy atom. The van der Waals surface area contributed by atoms with E-state index in [0.717, 1.165) is 19.3 Å². The number of rotatable bonds is 6. The van der Waals surface area contributed by atoms with Crippen molar-refractivity contribution in [3.05, 3.63) is 65.5 Å². The highest BCUT2D eigenvalue weighted by Gasteiger charge is 2.24. The summed E-state index contributed by atoms with van der Waals surface area (Å²) < 4.78 is 18.5. The molecule has 1 aliphatic rings. The first-order valence-corrected chi connectivity index (χ1v) is 10.0. The van der Waals surface area contributed by atoms with E-state index in [2.05, 4.69) is 17.4 Å². The number of benzene rings is 2. The SMILES string of the molecule is CC(SCC(=O)Nc1ccc(F)cc1)C(=O)OC1CCc2ccccc2C1. The maximum absolute atomic E-state index is 12.9. The number of fused-ring (bicyclic) bond motifs is 1. The number of nitrogens with one attached hydrogen (secondary N) is 1. The van der Waals surface area contributed by atoms with E-state index in [1.54, 1.807) is 6.92 Å². The monoisotopic (exact) mass is 387 g/mol. The van der Waals surface area contributed by atoms with Crippen molar-refractivity contribution in [2.75, 3.05) is 11.1 Å². The molecule has 6 heteroatoms. The van der Waals surface area contributed by atoms with Crippen LogP contribution in [0.5, 0.6) is 0 Å². The summed E-state index contributed by atoms with van der Waals surface area (Å²) in [6.07, 6.45) is 2.37. The molecule has 0 fully saturated rings. The number of ether oxygens (including phenoxy) is 1.